The molecule has 102 valence electrons. The number of furan rings is 1. The Labute approximate surface area is 112 Å². The largest absolute Gasteiger partial charge is 0.475 e. The second-order valence-electron chi connectivity index (χ2n) is 4.40. The molecule has 0 aliphatic rings. The van der Waals surface area contributed by atoms with E-state index in [4.69, 9.17) is 9.52 Å². The van der Waals surface area contributed by atoms with Gasteiger partial charge in [-0.3, -0.25) is 4.40 Å². The molecule has 7 heteroatoms. The summed E-state index contributed by atoms with van der Waals surface area (Å²) in [4.78, 5) is 23.0. The zero-order valence-corrected chi connectivity index (χ0v) is 10.6. The molecule has 0 bridgehead atoms. The van der Waals surface area contributed by atoms with Crippen molar-refractivity contribution in [3.8, 4) is 0 Å². The van der Waals surface area contributed by atoms with Crippen LogP contribution in [0.15, 0.2) is 39.7 Å². The van der Waals surface area contributed by atoms with Crippen molar-refractivity contribution in [3.05, 3.63) is 58.0 Å². The lowest BCUT2D eigenvalue weighted by Gasteiger charge is -1.94. The van der Waals surface area contributed by atoms with E-state index in [1.165, 1.54) is 9.08 Å². The van der Waals surface area contributed by atoms with Gasteiger partial charge in [-0.05, 0) is 25.1 Å². The second kappa shape index (κ2) is 4.37. The summed E-state index contributed by atoms with van der Waals surface area (Å²) in [5.74, 6) is -0.863. The van der Waals surface area contributed by atoms with Crippen molar-refractivity contribution in [2.24, 2.45) is 0 Å². The number of pyridine rings is 1. The number of aromatic nitrogens is 3. The number of carbonyl (C=O) groups is 1. The molecule has 0 saturated heterocycles. The van der Waals surface area contributed by atoms with Crippen molar-refractivity contribution < 1.29 is 14.3 Å². The number of aromatic carboxylic acids is 1. The van der Waals surface area contributed by atoms with Gasteiger partial charge in [0.15, 0.2) is 5.65 Å². The summed E-state index contributed by atoms with van der Waals surface area (Å²) in [7, 11) is 0. The van der Waals surface area contributed by atoms with Crippen LogP contribution in [0.4, 0.5) is 0 Å². The Bertz CT molecular complexity index is 856. The molecule has 0 unspecified atom stereocenters. The van der Waals surface area contributed by atoms with E-state index in [-0.39, 0.29) is 18.0 Å². The average Bonchev–Trinajstić information content (AvgIpc) is 2.92. The Morgan fingerprint density at radius 2 is 2.25 bits per heavy atom. The van der Waals surface area contributed by atoms with Gasteiger partial charge in [0, 0.05) is 11.8 Å². The standard InChI is InChI=1S/C13H11N3O4/c1-8-6-9(20-11(8)12(17)18)7-16-13(19)15-5-3-2-4-10(15)14-16/h2-6H,7H2,1H3,(H,17,18). The number of aryl methyl sites for hydroxylation is 1. The van der Waals surface area contributed by atoms with Crippen molar-refractivity contribution >= 4 is 11.6 Å². The summed E-state index contributed by atoms with van der Waals surface area (Å²) >= 11 is 0. The highest BCUT2D eigenvalue weighted by molar-refractivity contribution is 5.86. The third-order valence-corrected chi connectivity index (χ3v) is 2.96. The van der Waals surface area contributed by atoms with Gasteiger partial charge in [0.05, 0.1) is 0 Å². The third kappa shape index (κ3) is 1.89. The monoisotopic (exact) mass is 273 g/mol. The van der Waals surface area contributed by atoms with E-state index in [9.17, 15) is 9.59 Å². The van der Waals surface area contributed by atoms with Gasteiger partial charge in [-0.2, -0.15) is 0 Å². The fourth-order valence-corrected chi connectivity index (χ4v) is 2.06. The smallest absolute Gasteiger partial charge is 0.372 e. The van der Waals surface area contributed by atoms with Crippen LogP contribution in [-0.2, 0) is 6.54 Å². The number of hydrogen-bond donors (Lipinski definition) is 1. The SMILES string of the molecule is Cc1cc(Cn2nc3ccccn3c2=O)oc1C(=O)O. The van der Waals surface area contributed by atoms with Crippen molar-refractivity contribution in [1.29, 1.82) is 0 Å². The topological polar surface area (TPSA) is 89.7 Å². The van der Waals surface area contributed by atoms with E-state index in [0.29, 0.717) is 17.0 Å². The lowest BCUT2D eigenvalue weighted by molar-refractivity contribution is 0.0659. The lowest BCUT2D eigenvalue weighted by atomic mass is 10.2. The Balaban J connectivity index is 2.01. The summed E-state index contributed by atoms with van der Waals surface area (Å²) in [5, 5.41) is 13.1. The van der Waals surface area contributed by atoms with Crippen molar-refractivity contribution in [2.45, 2.75) is 13.5 Å². The molecule has 0 atom stereocenters. The van der Waals surface area contributed by atoms with E-state index in [1.807, 2.05) is 0 Å². The number of hydrogen-bond acceptors (Lipinski definition) is 4. The van der Waals surface area contributed by atoms with E-state index in [0.717, 1.165) is 0 Å². The number of fused-ring (bicyclic) bond motifs is 1. The van der Waals surface area contributed by atoms with E-state index >= 15 is 0 Å². The normalized spacial score (nSPS) is 11.1. The second-order valence-corrected chi connectivity index (χ2v) is 4.40. The summed E-state index contributed by atoms with van der Waals surface area (Å²) in [5.41, 5.74) is 0.745. The molecule has 20 heavy (non-hydrogen) atoms. The Hall–Kier alpha value is -2.83. The minimum absolute atomic E-state index is 0.0919. The number of rotatable bonds is 3. The molecule has 0 aromatic carbocycles. The molecule has 0 amide bonds. The van der Waals surface area contributed by atoms with Gasteiger partial charge in [0.1, 0.15) is 12.3 Å². The summed E-state index contributed by atoms with van der Waals surface area (Å²) in [6.45, 7) is 1.73. The Morgan fingerprint density at radius 3 is 2.90 bits per heavy atom. The predicted molar refractivity (Wildman–Crippen MR) is 69.0 cm³/mol. The molecule has 7 nitrogen and oxygen atoms in total. The molecule has 0 radical (unpaired) electrons. The molecule has 0 aliphatic heterocycles. The molecule has 3 aromatic heterocycles. The first-order chi connectivity index (χ1) is 9.56. The van der Waals surface area contributed by atoms with Crippen molar-refractivity contribution in [1.82, 2.24) is 14.2 Å². The van der Waals surface area contributed by atoms with E-state index in [2.05, 4.69) is 5.10 Å². The fourth-order valence-electron chi connectivity index (χ4n) is 2.06. The van der Waals surface area contributed by atoms with Gasteiger partial charge in [-0.1, -0.05) is 6.07 Å². The zero-order chi connectivity index (χ0) is 14.3. The summed E-state index contributed by atoms with van der Waals surface area (Å²) < 4.78 is 7.87. The van der Waals surface area contributed by atoms with Crippen LogP contribution in [0.2, 0.25) is 0 Å². The average molecular weight is 273 g/mol. The Morgan fingerprint density at radius 1 is 1.45 bits per heavy atom. The van der Waals surface area contributed by atoms with Gasteiger partial charge in [-0.15, -0.1) is 5.10 Å². The van der Waals surface area contributed by atoms with Gasteiger partial charge in [0.2, 0.25) is 5.76 Å². The quantitative estimate of drug-likeness (QED) is 0.773. The molecule has 0 aliphatic carbocycles. The van der Waals surface area contributed by atoms with Crippen LogP contribution in [0.25, 0.3) is 5.65 Å². The molecule has 3 heterocycles. The maximum absolute atomic E-state index is 12.1. The number of carboxylic acid groups (broad SMARTS) is 1. The molecular formula is C13H11N3O4. The summed E-state index contributed by atoms with van der Waals surface area (Å²) in [6.07, 6.45) is 1.62. The van der Waals surface area contributed by atoms with E-state index in [1.54, 1.807) is 37.4 Å². The maximum Gasteiger partial charge on any atom is 0.372 e. The molecule has 1 N–H and O–H groups in total. The van der Waals surface area contributed by atoms with E-state index < -0.39 is 5.97 Å². The van der Waals surface area contributed by atoms with Crippen LogP contribution in [0, 0.1) is 6.92 Å². The summed E-state index contributed by atoms with van der Waals surface area (Å²) in [6, 6.07) is 6.83. The minimum Gasteiger partial charge on any atom is -0.475 e. The highest BCUT2D eigenvalue weighted by Gasteiger charge is 2.16. The van der Waals surface area contributed by atoms with Gasteiger partial charge < -0.3 is 9.52 Å². The first-order valence-corrected chi connectivity index (χ1v) is 5.93. The first kappa shape index (κ1) is 12.2. The predicted octanol–water partition coefficient (Wildman–Crippen LogP) is 1.14. The number of nitrogens with zero attached hydrogens (tertiary/aromatic N) is 3. The molecule has 0 saturated carbocycles. The molecular weight excluding hydrogens is 262 g/mol. The van der Waals surface area contributed by atoms with Crippen LogP contribution in [0.3, 0.4) is 0 Å². The van der Waals surface area contributed by atoms with Gasteiger partial charge in [0.25, 0.3) is 0 Å². The lowest BCUT2D eigenvalue weighted by Crippen LogP contribution is -2.21. The maximum atomic E-state index is 12.1. The van der Waals surface area contributed by atoms with Crippen LogP contribution >= 0.6 is 0 Å². The van der Waals surface area contributed by atoms with Gasteiger partial charge >= 0.3 is 11.7 Å². The zero-order valence-electron chi connectivity index (χ0n) is 10.6. The van der Waals surface area contributed by atoms with Crippen LogP contribution in [-0.4, -0.2) is 25.3 Å². The third-order valence-electron chi connectivity index (χ3n) is 2.96. The molecule has 3 rings (SSSR count). The van der Waals surface area contributed by atoms with Crippen molar-refractivity contribution in [2.75, 3.05) is 0 Å². The molecule has 3 aromatic rings. The molecule has 0 fully saturated rings. The first-order valence-electron chi connectivity index (χ1n) is 5.93. The highest BCUT2D eigenvalue weighted by atomic mass is 16.4. The molecule has 0 spiro atoms. The minimum atomic E-state index is -1.13. The van der Waals surface area contributed by atoms with Crippen molar-refractivity contribution in [3.63, 3.8) is 0 Å². The van der Waals surface area contributed by atoms with Crippen LogP contribution < -0.4 is 5.69 Å². The van der Waals surface area contributed by atoms with Gasteiger partial charge in [-0.25, -0.2) is 14.3 Å². The number of carboxylic acids is 1. The highest BCUT2D eigenvalue weighted by Crippen LogP contribution is 2.15. The van der Waals surface area contributed by atoms with Crippen LogP contribution in [0.5, 0.6) is 0 Å². The van der Waals surface area contributed by atoms with Crippen LogP contribution in [0.1, 0.15) is 21.9 Å². The fraction of sp³-hybridized carbons (Fsp3) is 0.154. The Kier molecular flexibility index (Phi) is 2.67.